The van der Waals surface area contributed by atoms with Crippen molar-refractivity contribution in [3.8, 4) is 0 Å². The van der Waals surface area contributed by atoms with Gasteiger partial charge in [-0.1, -0.05) is 72.3 Å². The molecule has 0 amide bonds. The zero-order valence-corrected chi connectivity index (χ0v) is 20.2. The van der Waals surface area contributed by atoms with Crippen LogP contribution in [0, 0.1) is 17.6 Å². The molecule has 0 heterocycles. The van der Waals surface area contributed by atoms with Crippen LogP contribution in [0.15, 0.2) is 18.2 Å². The van der Waals surface area contributed by atoms with E-state index in [1.165, 1.54) is 37.8 Å². The molecule has 31 heavy (non-hydrogen) atoms. The van der Waals surface area contributed by atoms with Crippen LogP contribution in [0.3, 0.4) is 0 Å². The Balaban J connectivity index is 3.10. The Bertz CT molecular complexity index is 558. The van der Waals surface area contributed by atoms with Crippen LogP contribution in [0.1, 0.15) is 97.5 Å². The number of hydrogen-bond donors (Lipinski definition) is 0. The Morgan fingerprint density at radius 3 is 1.81 bits per heavy atom. The molecule has 1 atom stereocenters. The molecular formula is C26H44F2O3. The SMILES string of the molecule is CCCCCCCCC(Cc1ccc(F)cc1F)C(OCCC)(OCCC)OCCC. The number of hydrogen-bond acceptors (Lipinski definition) is 3. The first kappa shape index (κ1) is 28.0. The van der Waals surface area contributed by atoms with Gasteiger partial charge in [-0.3, -0.25) is 0 Å². The molecule has 0 aromatic heterocycles. The summed E-state index contributed by atoms with van der Waals surface area (Å²) in [5.41, 5.74) is 0.474. The van der Waals surface area contributed by atoms with Crippen molar-refractivity contribution in [3.63, 3.8) is 0 Å². The minimum Gasteiger partial charge on any atom is -0.327 e. The highest BCUT2D eigenvalue weighted by molar-refractivity contribution is 5.19. The molecule has 0 fully saturated rings. The first-order valence-corrected chi connectivity index (χ1v) is 12.4. The summed E-state index contributed by atoms with van der Waals surface area (Å²) in [5, 5.41) is 0. The van der Waals surface area contributed by atoms with Crippen LogP contribution >= 0.6 is 0 Å². The van der Waals surface area contributed by atoms with Gasteiger partial charge in [0.25, 0.3) is 5.97 Å². The quantitative estimate of drug-likeness (QED) is 0.161. The highest BCUT2D eigenvalue weighted by Gasteiger charge is 2.42. The van der Waals surface area contributed by atoms with Gasteiger partial charge >= 0.3 is 0 Å². The van der Waals surface area contributed by atoms with Gasteiger partial charge in [-0.25, -0.2) is 8.78 Å². The summed E-state index contributed by atoms with van der Waals surface area (Å²) < 4.78 is 46.7. The van der Waals surface area contributed by atoms with Crippen molar-refractivity contribution in [2.45, 2.75) is 104 Å². The topological polar surface area (TPSA) is 27.7 Å². The van der Waals surface area contributed by atoms with E-state index in [0.717, 1.165) is 44.6 Å². The van der Waals surface area contributed by atoms with E-state index in [0.29, 0.717) is 31.8 Å². The predicted octanol–water partition coefficient (Wildman–Crippen LogP) is 7.81. The van der Waals surface area contributed by atoms with Crippen molar-refractivity contribution in [1.82, 2.24) is 0 Å². The highest BCUT2D eigenvalue weighted by Crippen LogP contribution is 2.34. The second-order valence-electron chi connectivity index (χ2n) is 8.34. The molecule has 5 heteroatoms. The lowest BCUT2D eigenvalue weighted by Gasteiger charge is -2.40. The Morgan fingerprint density at radius 1 is 0.742 bits per heavy atom. The molecule has 1 rings (SSSR count). The Kier molecular flexibility index (Phi) is 15.0. The van der Waals surface area contributed by atoms with Gasteiger partial charge in [-0.05, 0) is 43.7 Å². The van der Waals surface area contributed by atoms with Gasteiger partial charge in [-0.2, -0.15) is 0 Å². The van der Waals surface area contributed by atoms with Gasteiger partial charge in [0.05, 0.1) is 19.8 Å². The van der Waals surface area contributed by atoms with Gasteiger partial charge in [0.2, 0.25) is 0 Å². The minimum atomic E-state index is -1.20. The van der Waals surface area contributed by atoms with Crippen LogP contribution in [0.25, 0.3) is 0 Å². The fourth-order valence-corrected chi connectivity index (χ4v) is 3.74. The fourth-order valence-electron chi connectivity index (χ4n) is 3.74. The lowest BCUT2D eigenvalue weighted by atomic mass is 9.90. The normalized spacial score (nSPS) is 13.0. The Hall–Kier alpha value is -1.04. The van der Waals surface area contributed by atoms with Crippen molar-refractivity contribution in [3.05, 3.63) is 35.4 Å². The summed E-state index contributed by atoms with van der Waals surface area (Å²) in [5.74, 6) is -2.47. The largest absolute Gasteiger partial charge is 0.327 e. The minimum absolute atomic E-state index is 0.178. The maximum atomic E-state index is 14.5. The van der Waals surface area contributed by atoms with E-state index in [1.54, 1.807) is 0 Å². The van der Waals surface area contributed by atoms with Crippen molar-refractivity contribution in [2.75, 3.05) is 19.8 Å². The molecule has 0 aliphatic carbocycles. The molecule has 0 bridgehead atoms. The van der Waals surface area contributed by atoms with Gasteiger partial charge in [0.15, 0.2) is 0 Å². The molecule has 1 unspecified atom stereocenters. The Morgan fingerprint density at radius 2 is 1.29 bits per heavy atom. The first-order valence-electron chi connectivity index (χ1n) is 12.4. The van der Waals surface area contributed by atoms with Crippen LogP contribution in [0.4, 0.5) is 8.78 Å². The van der Waals surface area contributed by atoms with E-state index >= 15 is 0 Å². The Labute approximate surface area is 188 Å². The lowest BCUT2D eigenvalue weighted by molar-refractivity contribution is -0.406. The summed E-state index contributed by atoms with van der Waals surface area (Å²) in [6.07, 6.45) is 10.7. The van der Waals surface area contributed by atoms with Crippen molar-refractivity contribution in [2.24, 2.45) is 5.92 Å². The van der Waals surface area contributed by atoms with Crippen molar-refractivity contribution in [1.29, 1.82) is 0 Å². The molecule has 180 valence electrons. The standard InChI is InChI=1S/C26H44F2O3/c1-5-9-10-11-12-13-14-23(20-22-15-16-24(27)21-25(22)28)26(29-17-6-2,30-18-7-3)31-19-8-4/h15-16,21,23H,5-14,17-20H2,1-4H3. The molecule has 1 aromatic rings. The fraction of sp³-hybridized carbons (Fsp3) is 0.769. The zero-order valence-electron chi connectivity index (χ0n) is 20.2. The van der Waals surface area contributed by atoms with E-state index in [-0.39, 0.29) is 5.92 Å². The number of ether oxygens (including phenoxy) is 3. The first-order chi connectivity index (χ1) is 15.0. The summed E-state index contributed by atoms with van der Waals surface area (Å²) >= 11 is 0. The maximum absolute atomic E-state index is 14.5. The third-order valence-electron chi connectivity index (χ3n) is 5.41. The number of unbranched alkanes of at least 4 members (excludes halogenated alkanes) is 5. The molecule has 0 saturated carbocycles. The van der Waals surface area contributed by atoms with E-state index in [1.807, 2.05) is 20.8 Å². The second kappa shape index (κ2) is 16.6. The lowest BCUT2D eigenvalue weighted by Crippen LogP contribution is -2.48. The molecule has 0 spiro atoms. The zero-order chi connectivity index (χ0) is 23.0. The van der Waals surface area contributed by atoms with Crippen LogP contribution in [-0.4, -0.2) is 25.8 Å². The van der Waals surface area contributed by atoms with Crippen molar-refractivity contribution < 1.29 is 23.0 Å². The summed E-state index contributed by atoms with van der Waals surface area (Å²) in [4.78, 5) is 0. The monoisotopic (exact) mass is 442 g/mol. The molecule has 1 aromatic carbocycles. The highest BCUT2D eigenvalue weighted by atomic mass is 19.1. The third kappa shape index (κ3) is 10.4. The van der Waals surface area contributed by atoms with E-state index < -0.39 is 17.6 Å². The average Bonchev–Trinajstić information content (AvgIpc) is 2.76. The maximum Gasteiger partial charge on any atom is 0.286 e. The number of rotatable bonds is 19. The van der Waals surface area contributed by atoms with E-state index in [2.05, 4.69) is 6.92 Å². The summed E-state index contributed by atoms with van der Waals surface area (Å²) in [7, 11) is 0. The van der Waals surface area contributed by atoms with Crippen LogP contribution in [0.5, 0.6) is 0 Å². The van der Waals surface area contributed by atoms with Gasteiger partial charge in [-0.15, -0.1) is 0 Å². The molecule has 0 saturated heterocycles. The van der Waals surface area contributed by atoms with Gasteiger partial charge < -0.3 is 14.2 Å². The van der Waals surface area contributed by atoms with Crippen LogP contribution in [0.2, 0.25) is 0 Å². The smallest absolute Gasteiger partial charge is 0.286 e. The van der Waals surface area contributed by atoms with E-state index in [9.17, 15) is 8.78 Å². The van der Waals surface area contributed by atoms with Crippen molar-refractivity contribution >= 4 is 0 Å². The van der Waals surface area contributed by atoms with Crippen LogP contribution in [-0.2, 0) is 20.6 Å². The third-order valence-corrected chi connectivity index (χ3v) is 5.41. The summed E-state index contributed by atoms with van der Waals surface area (Å²) in [6, 6.07) is 3.79. The molecule has 0 aliphatic rings. The summed E-state index contributed by atoms with van der Waals surface area (Å²) in [6.45, 7) is 9.88. The number of halogens is 2. The molecule has 3 nitrogen and oxygen atoms in total. The molecule has 0 N–H and O–H groups in total. The second-order valence-corrected chi connectivity index (χ2v) is 8.34. The predicted molar refractivity (Wildman–Crippen MR) is 123 cm³/mol. The molecular weight excluding hydrogens is 398 g/mol. The number of benzene rings is 1. The van der Waals surface area contributed by atoms with E-state index in [4.69, 9.17) is 14.2 Å². The van der Waals surface area contributed by atoms with Gasteiger partial charge in [0.1, 0.15) is 11.6 Å². The molecule has 0 aliphatic heterocycles. The van der Waals surface area contributed by atoms with Gasteiger partial charge in [0, 0.05) is 12.0 Å². The van der Waals surface area contributed by atoms with Crippen LogP contribution < -0.4 is 0 Å². The molecule has 0 radical (unpaired) electrons. The average molecular weight is 443 g/mol.